The van der Waals surface area contributed by atoms with Crippen LogP contribution in [-0.2, 0) is 9.53 Å². The first-order chi connectivity index (χ1) is 10.8. The molecule has 1 aliphatic heterocycles. The van der Waals surface area contributed by atoms with Crippen molar-refractivity contribution in [2.24, 2.45) is 5.41 Å². The second-order valence-electron chi connectivity index (χ2n) is 7.34. The highest BCUT2D eigenvalue weighted by molar-refractivity contribution is 6.25. The molecule has 0 saturated carbocycles. The maximum absolute atomic E-state index is 12.5. The van der Waals surface area contributed by atoms with Crippen LogP contribution in [0.4, 0.5) is 0 Å². The Kier molecular flexibility index (Phi) is 8.07. The van der Waals surface area contributed by atoms with Gasteiger partial charge in [-0.1, -0.05) is 62.8 Å². The number of ether oxygens (including phenoxy) is 1. The molecule has 0 unspecified atom stereocenters. The van der Waals surface area contributed by atoms with E-state index in [2.05, 4.69) is 32.3 Å². The van der Waals surface area contributed by atoms with Gasteiger partial charge >= 0.3 is 5.97 Å². The van der Waals surface area contributed by atoms with Gasteiger partial charge in [-0.3, -0.25) is 9.69 Å². The summed E-state index contributed by atoms with van der Waals surface area (Å²) in [7, 11) is 1.99. The molecule has 2 atom stereocenters. The predicted octanol–water partition coefficient (Wildman–Crippen LogP) is 4.68. The van der Waals surface area contributed by atoms with E-state index in [-0.39, 0.29) is 23.5 Å². The summed E-state index contributed by atoms with van der Waals surface area (Å²) in [4.78, 5) is 14.5. The van der Waals surface area contributed by atoms with Gasteiger partial charge in [0.2, 0.25) is 0 Å². The van der Waals surface area contributed by atoms with Crippen LogP contribution in [0.25, 0.3) is 0 Å². The molecule has 1 fully saturated rings. The topological polar surface area (TPSA) is 29.5 Å². The SMILES string of the molecule is C=C(C/C=C/C=C/Cl)C[C@@H](OC(=O)[C@@H]1CCCN1C)C(C)(C)C. The zero-order chi connectivity index (χ0) is 17.5. The first kappa shape index (κ1) is 20.0. The van der Waals surface area contributed by atoms with Gasteiger partial charge < -0.3 is 4.74 Å². The van der Waals surface area contributed by atoms with Crippen molar-refractivity contribution < 1.29 is 9.53 Å². The number of likely N-dealkylation sites (tertiary alicyclic amines) is 1. The number of carbonyl (C=O) groups excluding carboxylic acids is 1. The largest absolute Gasteiger partial charge is 0.460 e. The molecule has 0 spiro atoms. The monoisotopic (exact) mass is 339 g/mol. The van der Waals surface area contributed by atoms with Crippen LogP contribution in [0, 0.1) is 5.41 Å². The molecule has 1 aliphatic rings. The number of esters is 1. The van der Waals surface area contributed by atoms with E-state index in [1.54, 1.807) is 6.08 Å². The van der Waals surface area contributed by atoms with Crippen LogP contribution in [-0.4, -0.2) is 36.6 Å². The lowest BCUT2D eigenvalue weighted by Crippen LogP contribution is -2.40. The van der Waals surface area contributed by atoms with Crippen LogP contribution in [0.2, 0.25) is 0 Å². The average Bonchev–Trinajstić information content (AvgIpc) is 2.88. The van der Waals surface area contributed by atoms with E-state index in [1.807, 2.05) is 19.2 Å². The fourth-order valence-electron chi connectivity index (χ4n) is 2.65. The Morgan fingerprint density at radius 2 is 2.13 bits per heavy atom. The standard InChI is InChI=1S/C19H30ClNO2/c1-15(10-7-6-8-12-20)14-17(19(2,3)4)23-18(22)16-11-9-13-21(16)5/h6-8,12,16-17H,1,9-11,13-14H2,2-5H3/b7-6+,12-8+/t16-,17+/m0/s1. The van der Waals surface area contributed by atoms with Gasteiger partial charge in [0.15, 0.2) is 0 Å². The fraction of sp³-hybridized carbons (Fsp3) is 0.632. The molecule has 0 aromatic heterocycles. The Morgan fingerprint density at radius 3 is 2.65 bits per heavy atom. The number of halogens is 1. The molecule has 0 aliphatic carbocycles. The number of hydrogen-bond acceptors (Lipinski definition) is 3. The van der Waals surface area contributed by atoms with Crippen LogP contribution in [0.15, 0.2) is 35.9 Å². The molecule has 0 bridgehead atoms. The quantitative estimate of drug-likeness (QED) is 0.383. The summed E-state index contributed by atoms with van der Waals surface area (Å²) in [5.41, 5.74) is 2.41. The van der Waals surface area contributed by atoms with Gasteiger partial charge in [0.1, 0.15) is 12.1 Å². The highest BCUT2D eigenvalue weighted by Gasteiger charge is 2.34. The Labute approximate surface area is 146 Å². The van der Waals surface area contributed by atoms with Gasteiger partial charge in [0, 0.05) is 12.0 Å². The Balaban J connectivity index is 2.62. The molecule has 130 valence electrons. The maximum atomic E-state index is 12.5. The van der Waals surface area contributed by atoms with Gasteiger partial charge in [-0.05, 0) is 38.3 Å². The third-order valence-corrected chi connectivity index (χ3v) is 4.36. The number of hydrogen-bond donors (Lipinski definition) is 0. The van der Waals surface area contributed by atoms with Gasteiger partial charge in [0.25, 0.3) is 0 Å². The third kappa shape index (κ3) is 6.92. The van der Waals surface area contributed by atoms with E-state index in [0.29, 0.717) is 6.42 Å². The normalized spacial score (nSPS) is 21.2. The summed E-state index contributed by atoms with van der Waals surface area (Å²) >= 11 is 5.48. The summed E-state index contributed by atoms with van der Waals surface area (Å²) in [5, 5.41) is 0. The molecule has 1 rings (SSSR count). The van der Waals surface area contributed by atoms with Crippen LogP contribution < -0.4 is 0 Å². The summed E-state index contributed by atoms with van der Waals surface area (Å²) in [6.07, 6.45) is 8.90. The number of carbonyl (C=O) groups is 1. The smallest absolute Gasteiger partial charge is 0.323 e. The van der Waals surface area contributed by atoms with Crippen molar-refractivity contribution in [3.63, 3.8) is 0 Å². The van der Waals surface area contributed by atoms with Gasteiger partial charge in [-0.15, -0.1) is 0 Å². The van der Waals surface area contributed by atoms with E-state index in [0.717, 1.165) is 31.4 Å². The lowest BCUT2D eigenvalue weighted by Gasteiger charge is -2.32. The molecule has 1 heterocycles. The number of rotatable bonds is 7. The average molecular weight is 340 g/mol. The van der Waals surface area contributed by atoms with Gasteiger partial charge in [-0.25, -0.2) is 0 Å². The summed E-state index contributed by atoms with van der Waals surface area (Å²) in [6.45, 7) is 11.4. The minimum Gasteiger partial charge on any atom is -0.460 e. The minimum absolute atomic E-state index is 0.0955. The molecule has 4 heteroatoms. The molecular formula is C19H30ClNO2. The first-order valence-corrected chi connectivity index (χ1v) is 8.68. The Bertz CT molecular complexity index is 462. The lowest BCUT2D eigenvalue weighted by atomic mass is 9.84. The second kappa shape index (κ2) is 9.29. The van der Waals surface area contributed by atoms with E-state index in [1.165, 1.54) is 5.54 Å². The van der Waals surface area contributed by atoms with Crippen molar-refractivity contribution in [2.45, 2.75) is 58.6 Å². The van der Waals surface area contributed by atoms with Gasteiger partial charge in [-0.2, -0.15) is 0 Å². The van der Waals surface area contributed by atoms with Crippen LogP contribution in [0.3, 0.4) is 0 Å². The highest BCUT2D eigenvalue weighted by atomic mass is 35.5. The van der Waals surface area contributed by atoms with Crippen molar-refractivity contribution in [3.8, 4) is 0 Å². The van der Waals surface area contributed by atoms with Crippen LogP contribution >= 0.6 is 11.6 Å². The molecule has 0 radical (unpaired) electrons. The minimum atomic E-state index is -0.159. The molecule has 0 amide bonds. The van der Waals surface area contributed by atoms with Crippen molar-refractivity contribution in [2.75, 3.05) is 13.6 Å². The molecule has 23 heavy (non-hydrogen) atoms. The molecular weight excluding hydrogens is 310 g/mol. The molecule has 0 aromatic rings. The Morgan fingerprint density at radius 1 is 1.43 bits per heavy atom. The van der Waals surface area contributed by atoms with E-state index < -0.39 is 0 Å². The third-order valence-electron chi connectivity index (χ3n) is 4.22. The van der Waals surface area contributed by atoms with Gasteiger partial charge in [0.05, 0.1) is 0 Å². The summed E-state index contributed by atoms with van der Waals surface area (Å²) < 4.78 is 5.87. The summed E-state index contributed by atoms with van der Waals surface area (Å²) in [5.74, 6) is -0.0988. The highest BCUT2D eigenvalue weighted by Crippen LogP contribution is 2.29. The number of likely N-dealkylation sites (N-methyl/N-ethyl adjacent to an activating group) is 1. The molecule has 3 nitrogen and oxygen atoms in total. The van der Waals surface area contributed by atoms with Crippen molar-refractivity contribution in [1.82, 2.24) is 4.90 Å². The van der Waals surface area contributed by atoms with Crippen molar-refractivity contribution >= 4 is 17.6 Å². The van der Waals surface area contributed by atoms with E-state index in [4.69, 9.17) is 16.3 Å². The molecule has 0 aromatic carbocycles. The predicted molar refractivity (Wildman–Crippen MR) is 97.5 cm³/mol. The summed E-state index contributed by atoms with van der Waals surface area (Å²) in [6, 6.07) is -0.0955. The lowest BCUT2D eigenvalue weighted by molar-refractivity contribution is -0.159. The van der Waals surface area contributed by atoms with E-state index in [9.17, 15) is 4.79 Å². The van der Waals surface area contributed by atoms with Crippen molar-refractivity contribution in [1.29, 1.82) is 0 Å². The fourth-order valence-corrected chi connectivity index (χ4v) is 2.74. The maximum Gasteiger partial charge on any atom is 0.323 e. The zero-order valence-electron chi connectivity index (χ0n) is 14.8. The van der Waals surface area contributed by atoms with E-state index >= 15 is 0 Å². The van der Waals surface area contributed by atoms with Crippen LogP contribution in [0.5, 0.6) is 0 Å². The first-order valence-electron chi connectivity index (χ1n) is 8.25. The Hall–Kier alpha value is -1.06. The molecule has 0 N–H and O–H groups in total. The second-order valence-corrected chi connectivity index (χ2v) is 7.59. The van der Waals surface area contributed by atoms with Crippen molar-refractivity contribution in [3.05, 3.63) is 35.9 Å². The zero-order valence-corrected chi connectivity index (χ0v) is 15.6. The number of nitrogens with zero attached hydrogens (tertiary/aromatic N) is 1. The van der Waals surface area contributed by atoms with Crippen LogP contribution in [0.1, 0.15) is 46.5 Å². The molecule has 1 saturated heterocycles. The number of allylic oxidation sites excluding steroid dienone is 3.